The molecule has 2 aliphatic heterocycles. The lowest BCUT2D eigenvalue weighted by Crippen LogP contribution is -2.61. The summed E-state index contributed by atoms with van der Waals surface area (Å²) in [5, 5.41) is 2.95. The van der Waals surface area contributed by atoms with Gasteiger partial charge in [-0.05, 0) is 12.5 Å². The number of aromatic amines is 2. The van der Waals surface area contributed by atoms with Gasteiger partial charge in [-0.3, -0.25) is 14.6 Å². The molecule has 0 aromatic carbocycles. The minimum atomic E-state index is -0.357. The normalized spacial score (nSPS) is 21.0. The largest absolute Gasteiger partial charge is 0.381 e. The van der Waals surface area contributed by atoms with Gasteiger partial charge in [0.05, 0.1) is 29.6 Å². The number of H-pyrrole nitrogens is 2. The number of nitrogens with one attached hydrogen (secondary N) is 3. The number of carbonyl (C=O) groups excluding carboxylic acids is 2. The smallest absolute Gasteiger partial charge is 0.325 e. The molecule has 9 heteroatoms. The van der Waals surface area contributed by atoms with E-state index in [1.54, 1.807) is 11.0 Å². The molecule has 2 aromatic heterocycles. The Bertz CT molecular complexity index is 845. The van der Waals surface area contributed by atoms with Gasteiger partial charge >= 0.3 is 5.69 Å². The van der Waals surface area contributed by atoms with Crippen LogP contribution < -0.4 is 11.0 Å². The molecule has 126 valence electrons. The molecule has 2 aromatic rings. The molecular weight excluding hydrogens is 314 g/mol. The molecule has 24 heavy (non-hydrogen) atoms. The molecule has 3 N–H and O–H groups in total. The second-order valence-electron chi connectivity index (χ2n) is 6.18. The highest BCUT2D eigenvalue weighted by Gasteiger charge is 2.34. The van der Waals surface area contributed by atoms with Crippen LogP contribution in [0, 0.1) is 5.92 Å². The fourth-order valence-electron chi connectivity index (χ4n) is 3.02. The minimum Gasteiger partial charge on any atom is -0.381 e. The van der Waals surface area contributed by atoms with Crippen molar-refractivity contribution < 1.29 is 14.3 Å². The number of hydrogen-bond donors (Lipinski definition) is 3. The lowest BCUT2D eigenvalue weighted by Gasteiger charge is -2.39. The lowest BCUT2D eigenvalue weighted by molar-refractivity contribution is -0.126. The van der Waals surface area contributed by atoms with Crippen LogP contribution in [0.4, 0.5) is 0 Å². The number of pyridine rings is 1. The van der Waals surface area contributed by atoms with Crippen molar-refractivity contribution in [2.75, 3.05) is 26.3 Å². The van der Waals surface area contributed by atoms with Crippen LogP contribution in [0.15, 0.2) is 17.1 Å². The first-order chi connectivity index (χ1) is 11.6. The number of nitrogens with zero attached hydrogens (tertiary/aromatic N) is 2. The molecule has 0 aliphatic carbocycles. The third-order valence-corrected chi connectivity index (χ3v) is 4.43. The number of aromatic nitrogens is 3. The van der Waals surface area contributed by atoms with Crippen LogP contribution >= 0.6 is 0 Å². The highest BCUT2D eigenvalue weighted by atomic mass is 16.5. The monoisotopic (exact) mass is 331 g/mol. The standard InChI is InChI=1S/C15H17N5O4/c21-13(8-1-2-24-7-8)17-10-5-20(6-10)14(22)9-3-11-12(16-4-9)19-15(23)18-11/h3-4,8,10H,1-2,5-7H2,(H,17,21)(H2,16,18,19,23). The van der Waals surface area contributed by atoms with Gasteiger partial charge in [-0.15, -0.1) is 0 Å². The fourth-order valence-corrected chi connectivity index (χ4v) is 3.02. The average Bonchev–Trinajstić information content (AvgIpc) is 3.17. The maximum absolute atomic E-state index is 12.4. The number of fused-ring (bicyclic) bond motifs is 1. The Kier molecular flexibility index (Phi) is 3.57. The molecule has 4 rings (SSSR count). The van der Waals surface area contributed by atoms with Gasteiger partial charge in [0.1, 0.15) is 0 Å². The Morgan fingerprint density at radius 3 is 2.92 bits per heavy atom. The summed E-state index contributed by atoms with van der Waals surface area (Å²) in [6.07, 6.45) is 2.19. The average molecular weight is 331 g/mol. The summed E-state index contributed by atoms with van der Waals surface area (Å²) in [4.78, 5) is 46.5. The number of hydrogen-bond acceptors (Lipinski definition) is 5. The van der Waals surface area contributed by atoms with Crippen LogP contribution in [0.3, 0.4) is 0 Å². The maximum Gasteiger partial charge on any atom is 0.325 e. The van der Waals surface area contributed by atoms with Crippen LogP contribution in [-0.2, 0) is 9.53 Å². The van der Waals surface area contributed by atoms with Gasteiger partial charge in [-0.1, -0.05) is 0 Å². The number of carbonyl (C=O) groups is 2. The van der Waals surface area contributed by atoms with Crippen molar-refractivity contribution in [2.45, 2.75) is 12.5 Å². The summed E-state index contributed by atoms with van der Waals surface area (Å²) in [5.41, 5.74) is 0.970. The van der Waals surface area contributed by atoms with Crippen molar-refractivity contribution in [3.8, 4) is 0 Å². The van der Waals surface area contributed by atoms with Gasteiger partial charge in [0.15, 0.2) is 5.65 Å². The van der Waals surface area contributed by atoms with Crippen molar-refractivity contribution in [1.29, 1.82) is 0 Å². The highest BCUT2D eigenvalue weighted by Crippen LogP contribution is 2.17. The molecule has 0 saturated carbocycles. The molecule has 0 spiro atoms. The van der Waals surface area contributed by atoms with Gasteiger partial charge < -0.3 is 19.9 Å². The SMILES string of the molecule is O=C(NC1CN(C(=O)c2cnc3[nH]c(=O)[nH]c3c2)C1)C1CCOC1. The Hall–Kier alpha value is -2.68. The second-order valence-corrected chi connectivity index (χ2v) is 6.18. The fraction of sp³-hybridized carbons (Fsp3) is 0.467. The van der Waals surface area contributed by atoms with Gasteiger partial charge in [-0.2, -0.15) is 0 Å². The van der Waals surface area contributed by atoms with Crippen molar-refractivity contribution >= 4 is 23.0 Å². The van der Waals surface area contributed by atoms with Crippen LogP contribution in [-0.4, -0.2) is 64.0 Å². The van der Waals surface area contributed by atoms with Gasteiger partial charge in [-0.25, -0.2) is 9.78 Å². The predicted octanol–water partition coefficient (Wildman–Crippen LogP) is -0.772. The first-order valence-corrected chi connectivity index (χ1v) is 7.85. The topological polar surface area (TPSA) is 120 Å². The summed E-state index contributed by atoms with van der Waals surface area (Å²) < 4.78 is 5.21. The summed E-state index contributed by atoms with van der Waals surface area (Å²) in [7, 11) is 0. The lowest BCUT2D eigenvalue weighted by atomic mass is 10.0. The van der Waals surface area contributed by atoms with Gasteiger partial charge in [0, 0.05) is 25.9 Å². The summed E-state index contributed by atoms with van der Waals surface area (Å²) in [6.45, 7) is 2.05. The Morgan fingerprint density at radius 1 is 1.33 bits per heavy atom. The van der Waals surface area contributed by atoms with E-state index in [9.17, 15) is 14.4 Å². The summed E-state index contributed by atoms with van der Waals surface area (Å²) in [5.74, 6) is -0.245. The number of amides is 2. The molecule has 0 bridgehead atoms. The van der Waals surface area contributed by atoms with Crippen molar-refractivity contribution in [3.05, 3.63) is 28.3 Å². The maximum atomic E-state index is 12.4. The van der Waals surface area contributed by atoms with E-state index in [0.29, 0.717) is 43.0 Å². The Morgan fingerprint density at radius 2 is 2.17 bits per heavy atom. The van der Waals surface area contributed by atoms with Gasteiger partial charge in [0.2, 0.25) is 5.91 Å². The first kappa shape index (κ1) is 14.9. The van der Waals surface area contributed by atoms with E-state index in [1.807, 2.05) is 0 Å². The molecular formula is C15H17N5O4. The van der Waals surface area contributed by atoms with E-state index in [-0.39, 0.29) is 29.5 Å². The Labute approximate surface area is 136 Å². The minimum absolute atomic E-state index is 0.00224. The third kappa shape index (κ3) is 2.67. The van der Waals surface area contributed by atoms with Crippen molar-refractivity contribution in [3.63, 3.8) is 0 Å². The highest BCUT2D eigenvalue weighted by molar-refractivity contribution is 5.97. The van der Waals surface area contributed by atoms with Crippen molar-refractivity contribution in [2.24, 2.45) is 5.92 Å². The van der Waals surface area contributed by atoms with E-state index in [1.165, 1.54) is 6.20 Å². The number of rotatable bonds is 3. The third-order valence-electron chi connectivity index (χ3n) is 4.43. The van der Waals surface area contributed by atoms with E-state index >= 15 is 0 Å². The molecule has 2 aliphatic rings. The molecule has 2 fully saturated rings. The first-order valence-electron chi connectivity index (χ1n) is 7.85. The second kappa shape index (κ2) is 5.75. The molecule has 2 saturated heterocycles. The van der Waals surface area contributed by atoms with Crippen LogP contribution in [0.2, 0.25) is 0 Å². The van der Waals surface area contributed by atoms with E-state index in [4.69, 9.17) is 4.74 Å². The Balaban J connectivity index is 1.36. The molecule has 4 heterocycles. The zero-order valence-corrected chi connectivity index (χ0v) is 12.9. The van der Waals surface area contributed by atoms with E-state index in [0.717, 1.165) is 6.42 Å². The van der Waals surface area contributed by atoms with Crippen LogP contribution in [0.25, 0.3) is 11.2 Å². The predicted molar refractivity (Wildman–Crippen MR) is 83.5 cm³/mol. The molecule has 9 nitrogen and oxygen atoms in total. The molecule has 2 amide bonds. The molecule has 0 radical (unpaired) electrons. The quantitative estimate of drug-likeness (QED) is 0.682. The summed E-state index contributed by atoms with van der Waals surface area (Å²) in [6, 6.07) is 1.58. The summed E-state index contributed by atoms with van der Waals surface area (Å²) >= 11 is 0. The van der Waals surface area contributed by atoms with Crippen LogP contribution in [0.5, 0.6) is 0 Å². The number of imidazole rings is 1. The molecule has 1 atom stereocenters. The molecule has 1 unspecified atom stereocenters. The van der Waals surface area contributed by atoms with Crippen LogP contribution in [0.1, 0.15) is 16.8 Å². The number of likely N-dealkylation sites (tertiary alicyclic amines) is 1. The van der Waals surface area contributed by atoms with E-state index in [2.05, 4.69) is 20.3 Å². The van der Waals surface area contributed by atoms with E-state index < -0.39 is 0 Å². The van der Waals surface area contributed by atoms with Crippen molar-refractivity contribution in [1.82, 2.24) is 25.2 Å². The zero-order chi connectivity index (χ0) is 16.7. The van der Waals surface area contributed by atoms with Gasteiger partial charge in [0.25, 0.3) is 5.91 Å². The number of ether oxygens (including phenoxy) is 1. The zero-order valence-electron chi connectivity index (χ0n) is 12.9.